The molecule has 2 atom stereocenters. The second kappa shape index (κ2) is 6.42. The van der Waals surface area contributed by atoms with E-state index in [1.807, 2.05) is 12.1 Å². The van der Waals surface area contributed by atoms with Crippen molar-refractivity contribution in [2.45, 2.75) is 38.0 Å². The zero-order chi connectivity index (χ0) is 12.1. The summed E-state index contributed by atoms with van der Waals surface area (Å²) in [5, 5.41) is 4.29. The van der Waals surface area contributed by atoms with Crippen LogP contribution in [0.5, 0.6) is 0 Å². The third-order valence-corrected chi connectivity index (χ3v) is 4.27. The molecule has 0 radical (unpaired) electrons. The Morgan fingerprint density at radius 1 is 1.18 bits per heavy atom. The molecule has 0 bridgehead atoms. The summed E-state index contributed by atoms with van der Waals surface area (Å²) < 4.78 is 0. The zero-order valence-electron chi connectivity index (χ0n) is 10.6. The van der Waals surface area contributed by atoms with Gasteiger partial charge in [-0.3, -0.25) is 0 Å². The Hall–Kier alpha value is -0.530. The monoisotopic (exact) mass is 251 g/mol. The van der Waals surface area contributed by atoms with E-state index in [1.54, 1.807) is 0 Å². The van der Waals surface area contributed by atoms with Crippen molar-refractivity contribution < 1.29 is 0 Å². The fraction of sp³-hybridized carbons (Fsp3) is 0.600. The summed E-state index contributed by atoms with van der Waals surface area (Å²) in [6, 6.07) is 8.37. The molecule has 94 valence electrons. The van der Waals surface area contributed by atoms with Gasteiger partial charge >= 0.3 is 0 Å². The first-order valence-electron chi connectivity index (χ1n) is 6.72. The number of halogens is 1. The largest absolute Gasteiger partial charge is 0.319 e. The molecular weight excluding hydrogens is 230 g/mol. The predicted molar refractivity (Wildman–Crippen MR) is 74.7 cm³/mol. The van der Waals surface area contributed by atoms with Gasteiger partial charge in [0.25, 0.3) is 0 Å². The van der Waals surface area contributed by atoms with Gasteiger partial charge in [-0.1, -0.05) is 49.1 Å². The van der Waals surface area contributed by atoms with Crippen LogP contribution < -0.4 is 5.32 Å². The van der Waals surface area contributed by atoms with Crippen LogP contribution in [0.25, 0.3) is 0 Å². The van der Waals surface area contributed by atoms with Gasteiger partial charge in [-0.25, -0.2) is 0 Å². The predicted octanol–water partition coefficient (Wildman–Crippen LogP) is 4.22. The Balaban J connectivity index is 2.22. The number of nitrogens with one attached hydrogen (secondary N) is 1. The highest BCUT2D eigenvalue weighted by molar-refractivity contribution is 6.31. The van der Waals surface area contributed by atoms with Crippen molar-refractivity contribution in [2.24, 2.45) is 5.92 Å². The van der Waals surface area contributed by atoms with Gasteiger partial charge in [0.2, 0.25) is 0 Å². The lowest BCUT2D eigenvalue weighted by Crippen LogP contribution is -2.24. The quantitative estimate of drug-likeness (QED) is 0.793. The molecule has 0 aliphatic heterocycles. The van der Waals surface area contributed by atoms with E-state index in [0.717, 1.165) is 17.5 Å². The van der Waals surface area contributed by atoms with Crippen molar-refractivity contribution in [2.75, 3.05) is 13.6 Å². The van der Waals surface area contributed by atoms with Crippen molar-refractivity contribution >= 4 is 11.6 Å². The smallest absolute Gasteiger partial charge is 0.0440 e. The molecule has 1 saturated carbocycles. The van der Waals surface area contributed by atoms with E-state index >= 15 is 0 Å². The maximum absolute atomic E-state index is 6.36. The van der Waals surface area contributed by atoms with Crippen molar-refractivity contribution in [3.05, 3.63) is 34.9 Å². The maximum atomic E-state index is 6.36. The third-order valence-electron chi connectivity index (χ3n) is 3.93. The standard InChI is InChI=1S/C15H22ClN/c1-17-11-12-7-3-2-4-8-13(12)14-9-5-6-10-15(14)16/h5-6,9-10,12-13,17H,2-4,7-8,11H2,1H3. The number of hydrogen-bond acceptors (Lipinski definition) is 1. The highest BCUT2D eigenvalue weighted by Crippen LogP contribution is 2.38. The molecule has 1 aromatic carbocycles. The molecule has 0 amide bonds. The summed E-state index contributed by atoms with van der Waals surface area (Å²) in [7, 11) is 2.05. The van der Waals surface area contributed by atoms with Crippen LogP contribution in [0, 0.1) is 5.92 Å². The average molecular weight is 252 g/mol. The molecule has 1 aliphatic carbocycles. The minimum atomic E-state index is 0.638. The molecule has 2 rings (SSSR count). The molecule has 0 heterocycles. The van der Waals surface area contributed by atoms with Gasteiger partial charge in [-0.2, -0.15) is 0 Å². The van der Waals surface area contributed by atoms with E-state index in [1.165, 1.54) is 37.7 Å². The normalized spacial score (nSPS) is 25.5. The second-order valence-electron chi connectivity index (χ2n) is 5.08. The van der Waals surface area contributed by atoms with E-state index in [9.17, 15) is 0 Å². The van der Waals surface area contributed by atoms with Crippen molar-refractivity contribution in [1.82, 2.24) is 5.32 Å². The SMILES string of the molecule is CNCC1CCCCCC1c1ccccc1Cl. The Labute approximate surface area is 110 Å². The van der Waals surface area contributed by atoms with Gasteiger partial charge in [0.05, 0.1) is 0 Å². The van der Waals surface area contributed by atoms with Crippen LogP contribution in [0.15, 0.2) is 24.3 Å². The zero-order valence-corrected chi connectivity index (χ0v) is 11.3. The van der Waals surface area contributed by atoms with E-state index in [-0.39, 0.29) is 0 Å². The first kappa shape index (κ1) is 12.9. The lowest BCUT2D eigenvalue weighted by Gasteiger charge is -2.26. The van der Waals surface area contributed by atoms with Gasteiger partial charge in [-0.15, -0.1) is 0 Å². The summed E-state index contributed by atoms with van der Waals surface area (Å²) in [6.45, 7) is 1.11. The molecule has 1 fully saturated rings. The summed E-state index contributed by atoms with van der Waals surface area (Å²) in [5.74, 6) is 1.38. The first-order chi connectivity index (χ1) is 8.33. The van der Waals surface area contributed by atoms with Gasteiger partial charge in [-0.05, 0) is 49.9 Å². The van der Waals surface area contributed by atoms with E-state index in [2.05, 4.69) is 24.5 Å². The minimum absolute atomic E-state index is 0.638. The van der Waals surface area contributed by atoms with Crippen LogP contribution >= 0.6 is 11.6 Å². The average Bonchev–Trinajstić information content (AvgIpc) is 2.56. The maximum Gasteiger partial charge on any atom is 0.0440 e. The summed E-state index contributed by atoms with van der Waals surface area (Å²) in [5.41, 5.74) is 1.36. The molecule has 2 unspecified atom stereocenters. The van der Waals surface area contributed by atoms with Gasteiger partial charge in [0.1, 0.15) is 0 Å². The summed E-state index contributed by atoms with van der Waals surface area (Å²) >= 11 is 6.36. The molecule has 1 nitrogen and oxygen atoms in total. The Kier molecular flexibility index (Phi) is 4.87. The van der Waals surface area contributed by atoms with Crippen molar-refractivity contribution in [1.29, 1.82) is 0 Å². The van der Waals surface area contributed by atoms with Crippen molar-refractivity contribution in [3.63, 3.8) is 0 Å². The minimum Gasteiger partial charge on any atom is -0.319 e. The van der Waals surface area contributed by atoms with Crippen LogP contribution in [0.4, 0.5) is 0 Å². The summed E-state index contributed by atoms with van der Waals surface area (Å²) in [4.78, 5) is 0. The molecule has 1 aliphatic rings. The van der Waals surface area contributed by atoms with E-state index < -0.39 is 0 Å². The molecule has 1 N–H and O–H groups in total. The Morgan fingerprint density at radius 2 is 1.94 bits per heavy atom. The molecule has 0 saturated heterocycles. The van der Waals surface area contributed by atoms with E-state index in [4.69, 9.17) is 11.6 Å². The fourth-order valence-electron chi connectivity index (χ4n) is 3.08. The van der Waals surface area contributed by atoms with Crippen LogP contribution in [0.3, 0.4) is 0 Å². The molecule has 0 aromatic heterocycles. The molecular formula is C15H22ClN. The Morgan fingerprint density at radius 3 is 2.71 bits per heavy atom. The third kappa shape index (κ3) is 3.23. The lowest BCUT2D eigenvalue weighted by molar-refractivity contribution is 0.386. The molecule has 1 aromatic rings. The molecule has 2 heteroatoms. The highest BCUT2D eigenvalue weighted by Gasteiger charge is 2.25. The van der Waals surface area contributed by atoms with Crippen molar-refractivity contribution in [3.8, 4) is 0 Å². The molecule has 17 heavy (non-hydrogen) atoms. The van der Waals surface area contributed by atoms with Crippen LogP contribution in [-0.2, 0) is 0 Å². The Bertz CT molecular complexity index is 351. The second-order valence-corrected chi connectivity index (χ2v) is 5.49. The van der Waals surface area contributed by atoms with E-state index in [0.29, 0.717) is 5.92 Å². The highest BCUT2D eigenvalue weighted by atomic mass is 35.5. The first-order valence-corrected chi connectivity index (χ1v) is 7.09. The van der Waals surface area contributed by atoms with Crippen LogP contribution in [-0.4, -0.2) is 13.6 Å². The topological polar surface area (TPSA) is 12.0 Å². The van der Waals surface area contributed by atoms with Crippen LogP contribution in [0.2, 0.25) is 5.02 Å². The van der Waals surface area contributed by atoms with Gasteiger partial charge in [0, 0.05) is 5.02 Å². The fourth-order valence-corrected chi connectivity index (χ4v) is 3.35. The number of hydrogen-bond donors (Lipinski definition) is 1. The number of benzene rings is 1. The summed E-state index contributed by atoms with van der Waals surface area (Å²) in [6.07, 6.45) is 6.71. The van der Waals surface area contributed by atoms with Crippen LogP contribution in [0.1, 0.15) is 43.6 Å². The molecule has 0 spiro atoms. The lowest BCUT2D eigenvalue weighted by atomic mass is 9.82. The van der Waals surface area contributed by atoms with Gasteiger partial charge in [0.15, 0.2) is 0 Å². The van der Waals surface area contributed by atoms with Gasteiger partial charge < -0.3 is 5.32 Å². The number of rotatable bonds is 3.